The van der Waals surface area contributed by atoms with Crippen LogP contribution >= 0.6 is 0 Å². The first-order valence-electron chi connectivity index (χ1n) is 7.66. The summed E-state index contributed by atoms with van der Waals surface area (Å²) >= 11 is 0. The highest BCUT2D eigenvalue weighted by atomic mass is 15.3. The lowest BCUT2D eigenvalue weighted by atomic mass is 9.93. The first-order chi connectivity index (χ1) is 9.40. The number of hydrogen-bond acceptors (Lipinski definition) is 4. The largest absolute Gasteiger partial charge is 0.338 e. The summed E-state index contributed by atoms with van der Waals surface area (Å²) in [5, 5.41) is 0. The molecule has 3 aliphatic rings. The predicted octanol–water partition coefficient (Wildman–Crippen LogP) is 1.79. The first kappa shape index (κ1) is 11.6. The molecule has 0 aromatic carbocycles. The van der Waals surface area contributed by atoms with Gasteiger partial charge in [0.1, 0.15) is 0 Å². The topological polar surface area (TPSA) is 32.3 Å². The van der Waals surface area contributed by atoms with Crippen LogP contribution in [0.5, 0.6) is 0 Å². The van der Waals surface area contributed by atoms with Crippen molar-refractivity contribution in [3.8, 4) is 0 Å². The monoisotopic (exact) mass is 258 g/mol. The van der Waals surface area contributed by atoms with Crippen LogP contribution in [0.3, 0.4) is 0 Å². The zero-order valence-electron chi connectivity index (χ0n) is 11.4. The number of aromatic nitrogens is 2. The number of anilines is 1. The van der Waals surface area contributed by atoms with Crippen molar-refractivity contribution < 1.29 is 0 Å². The molecule has 1 aliphatic heterocycles. The normalized spacial score (nSPS) is 34.9. The molecule has 1 saturated heterocycles. The van der Waals surface area contributed by atoms with Gasteiger partial charge in [0.2, 0.25) is 5.95 Å². The van der Waals surface area contributed by atoms with Crippen LogP contribution in [0.15, 0.2) is 18.5 Å². The van der Waals surface area contributed by atoms with E-state index < -0.39 is 0 Å². The van der Waals surface area contributed by atoms with Crippen molar-refractivity contribution in [1.82, 2.24) is 14.9 Å². The molecule has 4 heteroatoms. The Bertz CT molecular complexity index is 427. The maximum Gasteiger partial charge on any atom is 0.225 e. The molecule has 1 aromatic rings. The molecule has 0 spiro atoms. The molecule has 0 amide bonds. The van der Waals surface area contributed by atoms with Gasteiger partial charge in [-0.3, -0.25) is 4.90 Å². The minimum Gasteiger partial charge on any atom is -0.338 e. The van der Waals surface area contributed by atoms with Crippen molar-refractivity contribution in [1.29, 1.82) is 0 Å². The summed E-state index contributed by atoms with van der Waals surface area (Å²) in [7, 11) is 0. The van der Waals surface area contributed by atoms with E-state index in [9.17, 15) is 0 Å². The van der Waals surface area contributed by atoms with Crippen molar-refractivity contribution in [2.24, 2.45) is 11.8 Å². The lowest BCUT2D eigenvalue weighted by Gasteiger charge is -2.41. The molecular formula is C15H22N4. The van der Waals surface area contributed by atoms with Gasteiger partial charge in [-0.25, -0.2) is 9.97 Å². The van der Waals surface area contributed by atoms with Crippen LogP contribution in [0.2, 0.25) is 0 Å². The van der Waals surface area contributed by atoms with E-state index in [1.807, 2.05) is 18.5 Å². The summed E-state index contributed by atoms with van der Waals surface area (Å²) in [4.78, 5) is 13.8. The number of piperazine rings is 1. The van der Waals surface area contributed by atoms with Gasteiger partial charge >= 0.3 is 0 Å². The van der Waals surface area contributed by atoms with Gasteiger partial charge in [0.15, 0.2) is 0 Å². The highest BCUT2D eigenvalue weighted by molar-refractivity contribution is 5.29. The van der Waals surface area contributed by atoms with Crippen LogP contribution in [0.25, 0.3) is 0 Å². The van der Waals surface area contributed by atoms with Gasteiger partial charge in [-0.05, 0) is 37.2 Å². The van der Waals surface area contributed by atoms with Gasteiger partial charge in [-0.2, -0.15) is 0 Å². The third-order valence-corrected chi connectivity index (χ3v) is 5.32. The maximum absolute atomic E-state index is 4.36. The van der Waals surface area contributed by atoms with Crippen LogP contribution in [-0.4, -0.2) is 47.1 Å². The third-order valence-electron chi connectivity index (χ3n) is 5.32. The van der Waals surface area contributed by atoms with E-state index in [1.165, 1.54) is 38.8 Å². The Morgan fingerprint density at radius 3 is 2.37 bits per heavy atom. The molecule has 1 aromatic heterocycles. The summed E-state index contributed by atoms with van der Waals surface area (Å²) < 4.78 is 0. The van der Waals surface area contributed by atoms with E-state index in [4.69, 9.17) is 0 Å². The van der Waals surface area contributed by atoms with Gasteiger partial charge < -0.3 is 4.90 Å². The zero-order chi connectivity index (χ0) is 12.7. The average molecular weight is 258 g/mol. The number of nitrogens with zero attached hydrogens (tertiary/aromatic N) is 4. The first-order valence-corrected chi connectivity index (χ1v) is 7.66. The van der Waals surface area contributed by atoms with E-state index in [0.717, 1.165) is 36.9 Å². The van der Waals surface area contributed by atoms with Crippen LogP contribution in [-0.2, 0) is 0 Å². The summed E-state index contributed by atoms with van der Waals surface area (Å²) in [5.74, 6) is 2.95. The summed E-state index contributed by atoms with van der Waals surface area (Å²) in [5.41, 5.74) is 0. The van der Waals surface area contributed by atoms with Gasteiger partial charge in [0.05, 0.1) is 0 Å². The van der Waals surface area contributed by atoms with Crippen molar-refractivity contribution in [2.75, 3.05) is 31.1 Å². The fourth-order valence-corrected chi connectivity index (χ4v) is 4.37. The molecule has 0 N–H and O–H groups in total. The third kappa shape index (κ3) is 2.12. The molecule has 3 fully saturated rings. The Balaban J connectivity index is 1.38. The molecule has 0 unspecified atom stereocenters. The Morgan fingerprint density at radius 1 is 0.947 bits per heavy atom. The van der Waals surface area contributed by atoms with Crippen LogP contribution in [0, 0.1) is 11.8 Å². The van der Waals surface area contributed by atoms with E-state index in [0.29, 0.717) is 0 Å². The maximum atomic E-state index is 4.36. The van der Waals surface area contributed by atoms with Crippen molar-refractivity contribution >= 4 is 5.95 Å². The summed E-state index contributed by atoms with van der Waals surface area (Å²) in [6.45, 7) is 4.54. The molecule has 2 heterocycles. The minimum absolute atomic E-state index is 0.887. The molecule has 2 bridgehead atoms. The molecule has 4 nitrogen and oxygen atoms in total. The molecule has 0 radical (unpaired) electrons. The summed E-state index contributed by atoms with van der Waals surface area (Å²) in [6.07, 6.45) is 9.63. The highest BCUT2D eigenvalue weighted by Crippen LogP contribution is 2.46. The molecule has 2 aliphatic carbocycles. The molecule has 3 atom stereocenters. The van der Waals surface area contributed by atoms with Crippen LogP contribution in [0.1, 0.15) is 25.7 Å². The van der Waals surface area contributed by atoms with E-state index in [-0.39, 0.29) is 0 Å². The Hall–Kier alpha value is -1.16. The Labute approximate surface area is 114 Å². The highest BCUT2D eigenvalue weighted by Gasteiger charge is 2.42. The molecular weight excluding hydrogens is 236 g/mol. The standard InChI is InChI=1S/C15H22N4/c1-4-16-15(17-5-1)19-8-6-18(7-9-19)14-11-12-2-3-13(14)10-12/h1,4-5,12-14H,2-3,6-11H2/t12-,13-,14-/m0/s1. The quantitative estimate of drug-likeness (QED) is 0.809. The van der Waals surface area contributed by atoms with Gasteiger partial charge in [0, 0.05) is 44.6 Å². The smallest absolute Gasteiger partial charge is 0.225 e. The van der Waals surface area contributed by atoms with Gasteiger partial charge in [-0.15, -0.1) is 0 Å². The number of rotatable bonds is 2. The second kappa shape index (κ2) is 4.75. The fraction of sp³-hybridized carbons (Fsp3) is 0.733. The lowest BCUT2D eigenvalue weighted by molar-refractivity contribution is 0.134. The van der Waals surface area contributed by atoms with Crippen molar-refractivity contribution in [3.63, 3.8) is 0 Å². The van der Waals surface area contributed by atoms with E-state index >= 15 is 0 Å². The van der Waals surface area contributed by atoms with Crippen LogP contribution in [0.4, 0.5) is 5.95 Å². The van der Waals surface area contributed by atoms with Crippen LogP contribution < -0.4 is 4.90 Å². The summed E-state index contributed by atoms with van der Waals surface area (Å²) in [6, 6.07) is 2.77. The lowest BCUT2D eigenvalue weighted by Crippen LogP contribution is -2.52. The fourth-order valence-electron chi connectivity index (χ4n) is 4.37. The Kier molecular flexibility index (Phi) is 2.91. The second-order valence-corrected chi connectivity index (χ2v) is 6.31. The van der Waals surface area contributed by atoms with Gasteiger partial charge in [0.25, 0.3) is 0 Å². The number of fused-ring (bicyclic) bond motifs is 2. The second-order valence-electron chi connectivity index (χ2n) is 6.31. The van der Waals surface area contributed by atoms with Gasteiger partial charge in [-0.1, -0.05) is 6.42 Å². The average Bonchev–Trinajstić information content (AvgIpc) is 3.11. The minimum atomic E-state index is 0.887. The zero-order valence-corrected chi connectivity index (χ0v) is 11.4. The molecule has 4 rings (SSSR count). The van der Waals surface area contributed by atoms with Crippen molar-refractivity contribution in [2.45, 2.75) is 31.7 Å². The van der Waals surface area contributed by atoms with E-state index in [2.05, 4.69) is 19.8 Å². The molecule has 102 valence electrons. The molecule has 2 saturated carbocycles. The predicted molar refractivity (Wildman–Crippen MR) is 75.1 cm³/mol. The van der Waals surface area contributed by atoms with Crippen molar-refractivity contribution in [3.05, 3.63) is 18.5 Å². The number of hydrogen-bond donors (Lipinski definition) is 0. The molecule has 19 heavy (non-hydrogen) atoms. The van der Waals surface area contributed by atoms with E-state index in [1.54, 1.807) is 0 Å². The SMILES string of the molecule is c1cnc(N2CCN([C@H]3C[C@H]4CC[C@H]3C4)CC2)nc1. The Morgan fingerprint density at radius 2 is 1.74 bits per heavy atom.